The van der Waals surface area contributed by atoms with Crippen molar-refractivity contribution in [3.05, 3.63) is 35.9 Å². The Morgan fingerprint density at radius 1 is 1.27 bits per heavy atom. The maximum absolute atomic E-state index is 5.06. The first-order chi connectivity index (χ1) is 7.23. The molecule has 0 spiro atoms. The van der Waals surface area contributed by atoms with E-state index in [1.165, 1.54) is 5.56 Å². The molecule has 0 aliphatic rings. The van der Waals surface area contributed by atoms with Gasteiger partial charge in [-0.3, -0.25) is 0 Å². The van der Waals surface area contributed by atoms with E-state index in [9.17, 15) is 0 Å². The van der Waals surface area contributed by atoms with Crippen molar-refractivity contribution < 1.29 is 4.74 Å². The molecular weight excluding hydrogens is 186 g/mol. The van der Waals surface area contributed by atoms with Gasteiger partial charge in [-0.25, -0.2) is 0 Å². The molecule has 2 heteroatoms. The predicted molar refractivity (Wildman–Crippen MR) is 64.0 cm³/mol. The summed E-state index contributed by atoms with van der Waals surface area (Å²) in [4.78, 5) is 0. The Morgan fingerprint density at radius 2 is 1.93 bits per heavy atom. The number of benzene rings is 1. The molecule has 0 bridgehead atoms. The zero-order chi connectivity index (χ0) is 11.1. The molecule has 2 nitrogen and oxygen atoms in total. The number of hydrogen-bond donors (Lipinski definition) is 1. The van der Waals surface area contributed by atoms with E-state index < -0.39 is 0 Å². The van der Waals surface area contributed by atoms with Crippen molar-refractivity contribution in [3.63, 3.8) is 0 Å². The standard InChI is InChI=1S/C13H21NO/c1-4-13(2,14-10-11-15-3)12-8-6-5-7-9-12/h5-9,14H,4,10-11H2,1-3H3/t13-/m0/s1. The SMILES string of the molecule is CC[C@](C)(NCCOC)c1ccccc1. The minimum Gasteiger partial charge on any atom is -0.383 e. The van der Waals surface area contributed by atoms with Gasteiger partial charge in [-0.15, -0.1) is 0 Å². The molecule has 1 aromatic rings. The molecule has 0 fully saturated rings. The van der Waals surface area contributed by atoms with Gasteiger partial charge in [0.1, 0.15) is 0 Å². The molecular formula is C13H21NO. The van der Waals surface area contributed by atoms with E-state index in [-0.39, 0.29) is 5.54 Å². The van der Waals surface area contributed by atoms with E-state index in [0.29, 0.717) is 0 Å². The third-order valence-electron chi connectivity index (χ3n) is 2.94. The van der Waals surface area contributed by atoms with Crippen molar-refractivity contribution in [1.82, 2.24) is 5.32 Å². The van der Waals surface area contributed by atoms with Gasteiger partial charge in [0.15, 0.2) is 0 Å². The summed E-state index contributed by atoms with van der Waals surface area (Å²) < 4.78 is 5.06. The Labute approximate surface area is 92.6 Å². The van der Waals surface area contributed by atoms with Crippen LogP contribution in [-0.2, 0) is 10.3 Å². The number of ether oxygens (including phenoxy) is 1. The largest absolute Gasteiger partial charge is 0.383 e. The summed E-state index contributed by atoms with van der Waals surface area (Å²) >= 11 is 0. The average Bonchev–Trinajstić information content (AvgIpc) is 2.30. The molecule has 1 rings (SSSR count). The second-order valence-corrected chi connectivity index (χ2v) is 3.97. The molecule has 0 radical (unpaired) electrons. The highest BCUT2D eigenvalue weighted by Gasteiger charge is 2.22. The highest BCUT2D eigenvalue weighted by molar-refractivity contribution is 5.23. The van der Waals surface area contributed by atoms with Crippen LogP contribution < -0.4 is 5.32 Å². The van der Waals surface area contributed by atoms with Crippen LogP contribution >= 0.6 is 0 Å². The summed E-state index contributed by atoms with van der Waals surface area (Å²) in [6.45, 7) is 6.07. The molecule has 0 saturated heterocycles. The monoisotopic (exact) mass is 207 g/mol. The molecule has 0 unspecified atom stereocenters. The normalized spacial score (nSPS) is 14.9. The first-order valence-electron chi connectivity index (χ1n) is 5.52. The lowest BCUT2D eigenvalue weighted by atomic mass is 9.89. The lowest BCUT2D eigenvalue weighted by Crippen LogP contribution is -2.40. The molecule has 1 atom stereocenters. The van der Waals surface area contributed by atoms with Gasteiger partial charge < -0.3 is 10.1 Å². The van der Waals surface area contributed by atoms with Gasteiger partial charge >= 0.3 is 0 Å². The van der Waals surface area contributed by atoms with E-state index >= 15 is 0 Å². The van der Waals surface area contributed by atoms with E-state index in [0.717, 1.165) is 19.6 Å². The quantitative estimate of drug-likeness (QED) is 0.724. The molecule has 0 saturated carbocycles. The van der Waals surface area contributed by atoms with E-state index in [4.69, 9.17) is 4.74 Å². The summed E-state index contributed by atoms with van der Waals surface area (Å²) in [6.07, 6.45) is 1.07. The second-order valence-electron chi connectivity index (χ2n) is 3.97. The summed E-state index contributed by atoms with van der Waals surface area (Å²) in [6, 6.07) is 10.6. The van der Waals surface area contributed by atoms with Gasteiger partial charge in [0.05, 0.1) is 6.61 Å². The zero-order valence-corrected chi connectivity index (χ0v) is 9.92. The summed E-state index contributed by atoms with van der Waals surface area (Å²) in [5.41, 5.74) is 1.39. The van der Waals surface area contributed by atoms with Crippen molar-refractivity contribution in [2.24, 2.45) is 0 Å². The van der Waals surface area contributed by atoms with E-state index in [1.54, 1.807) is 7.11 Å². The van der Waals surface area contributed by atoms with Gasteiger partial charge in [-0.1, -0.05) is 37.3 Å². The van der Waals surface area contributed by atoms with Crippen LogP contribution in [0.25, 0.3) is 0 Å². The van der Waals surface area contributed by atoms with Crippen LogP contribution in [-0.4, -0.2) is 20.3 Å². The fourth-order valence-electron chi connectivity index (χ4n) is 1.67. The Kier molecular flexibility index (Phi) is 4.79. The van der Waals surface area contributed by atoms with Gasteiger partial charge in [-0.05, 0) is 18.9 Å². The van der Waals surface area contributed by atoms with Crippen molar-refractivity contribution in [3.8, 4) is 0 Å². The van der Waals surface area contributed by atoms with Crippen molar-refractivity contribution in [2.45, 2.75) is 25.8 Å². The van der Waals surface area contributed by atoms with Crippen LogP contribution in [0.4, 0.5) is 0 Å². The summed E-state index contributed by atoms with van der Waals surface area (Å²) in [5, 5.41) is 3.54. The number of nitrogens with one attached hydrogen (secondary N) is 1. The number of hydrogen-bond acceptors (Lipinski definition) is 2. The fraction of sp³-hybridized carbons (Fsp3) is 0.538. The molecule has 84 valence electrons. The maximum Gasteiger partial charge on any atom is 0.0587 e. The molecule has 1 aromatic carbocycles. The maximum atomic E-state index is 5.06. The summed E-state index contributed by atoms with van der Waals surface area (Å²) in [7, 11) is 1.73. The Morgan fingerprint density at radius 3 is 2.47 bits per heavy atom. The minimum absolute atomic E-state index is 0.0553. The Balaban J connectivity index is 2.67. The van der Waals surface area contributed by atoms with Crippen molar-refractivity contribution >= 4 is 0 Å². The third-order valence-corrected chi connectivity index (χ3v) is 2.94. The Hall–Kier alpha value is -0.860. The van der Waals surface area contributed by atoms with Crippen LogP contribution in [0.15, 0.2) is 30.3 Å². The molecule has 1 N–H and O–H groups in total. The topological polar surface area (TPSA) is 21.3 Å². The molecule has 0 aliphatic carbocycles. The minimum atomic E-state index is 0.0553. The fourth-order valence-corrected chi connectivity index (χ4v) is 1.67. The first-order valence-corrected chi connectivity index (χ1v) is 5.52. The molecule has 0 amide bonds. The lowest BCUT2D eigenvalue weighted by Gasteiger charge is -2.30. The van der Waals surface area contributed by atoms with Gasteiger partial charge in [-0.2, -0.15) is 0 Å². The molecule has 0 aromatic heterocycles. The van der Waals surface area contributed by atoms with Gasteiger partial charge in [0.2, 0.25) is 0 Å². The van der Waals surface area contributed by atoms with Crippen LogP contribution in [0.3, 0.4) is 0 Å². The summed E-state index contributed by atoms with van der Waals surface area (Å²) in [5.74, 6) is 0. The smallest absolute Gasteiger partial charge is 0.0587 e. The van der Waals surface area contributed by atoms with Crippen LogP contribution in [0.2, 0.25) is 0 Å². The molecule has 15 heavy (non-hydrogen) atoms. The van der Waals surface area contributed by atoms with Crippen LogP contribution in [0.5, 0.6) is 0 Å². The third kappa shape index (κ3) is 3.33. The number of rotatable bonds is 6. The van der Waals surface area contributed by atoms with Gasteiger partial charge in [0.25, 0.3) is 0 Å². The average molecular weight is 207 g/mol. The lowest BCUT2D eigenvalue weighted by molar-refractivity contribution is 0.185. The predicted octanol–water partition coefficient (Wildman–Crippen LogP) is 2.55. The highest BCUT2D eigenvalue weighted by atomic mass is 16.5. The highest BCUT2D eigenvalue weighted by Crippen LogP contribution is 2.23. The number of methoxy groups -OCH3 is 1. The molecule has 0 aliphatic heterocycles. The zero-order valence-electron chi connectivity index (χ0n) is 9.92. The van der Waals surface area contributed by atoms with Crippen molar-refractivity contribution in [1.29, 1.82) is 0 Å². The second kappa shape index (κ2) is 5.89. The van der Waals surface area contributed by atoms with Gasteiger partial charge in [0, 0.05) is 19.2 Å². The Bertz CT molecular complexity index is 273. The first kappa shape index (κ1) is 12.2. The van der Waals surface area contributed by atoms with Crippen LogP contribution in [0.1, 0.15) is 25.8 Å². The molecule has 0 heterocycles. The van der Waals surface area contributed by atoms with E-state index in [1.807, 2.05) is 0 Å². The van der Waals surface area contributed by atoms with E-state index in [2.05, 4.69) is 49.5 Å². The van der Waals surface area contributed by atoms with Crippen LogP contribution in [0, 0.1) is 0 Å². The van der Waals surface area contributed by atoms with Crippen molar-refractivity contribution in [2.75, 3.05) is 20.3 Å².